The first-order valence-corrected chi connectivity index (χ1v) is 5.49. The Bertz CT molecular complexity index is 371. The Morgan fingerprint density at radius 3 is 2.71 bits per heavy atom. The third-order valence-electron chi connectivity index (χ3n) is 2.51. The van der Waals surface area contributed by atoms with Gasteiger partial charge in [-0.25, -0.2) is 0 Å². The van der Waals surface area contributed by atoms with Crippen molar-refractivity contribution in [2.24, 2.45) is 0 Å². The van der Waals surface area contributed by atoms with E-state index in [1.807, 2.05) is 0 Å². The van der Waals surface area contributed by atoms with E-state index >= 15 is 0 Å². The average molecular weight is 237 g/mol. The molecular weight excluding hydrogens is 222 g/mol. The number of hydrogen-bond acceptors (Lipinski definition) is 4. The van der Waals surface area contributed by atoms with Gasteiger partial charge < -0.3 is 19.9 Å². The maximum absolute atomic E-state index is 11.8. The van der Waals surface area contributed by atoms with Crippen LogP contribution < -0.4 is 5.32 Å². The molecule has 1 atom stereocenters. The molecule has 0 spiro atoms. The van der Waals surface area contributed by atoms with Crippen LogP contribution in [0.25, 0.3) is 0 Å². The molecule has 92 valence electrons. The minimum absolute atomic E-state index is 0.00615. The average Bonchev–Trinajstić information content (AvgIpc) is 2.40. The molecule has 1 aliphatic rings. The minimum atomic E-state index is -0.540. The van der Waals surface area contributed by atoms with Crippen molar-refractivity contribution in [3.63, 3.8) is 0 Å². The Kier molecular flexibility index (Phi) is 4.08. The smallest absolute Gasteiger partial charge is 0.255 e. The summed E-state index contributed by atoms with van der Waals surface area (Å²) in [6.07, 6.45) is -0.540. The van der Waals surface area contributed by atoms with E-state index in [4.69, 9.17) is 14.6 Å². The fourth-order valence-electron chi connectivity index (χ4n) is 1.56. The van der Waals surface area contributed by atoms with Gasteiger partial charge in [0.15, 0.2) is 6.10 Å². The summed E-state index contributed by atoms with van der Waals surface area (Å²) in [7, 11) is 0. The van der Waals surface area contributed by atoms with Gasteiger partial charge in [-0.05, 0) is 17.7 Å². The normalized spacial score (nSPS) is 19.9. The highest BCUT2D eigenvalue weighted by atomic mass is 16.6. The zero-order chi connectivity index (χ0) is 12.1. The summed E-state index contributed by atoms with van der Waals surface area (Å²) in [4.78, 5) is 11.8. The van der Waals surface area contributed by atoms with E-state index in [-0.39, 0.29) is 12.5 Å². The number of carbonyl (C=O) groups is 1. The predicted molar refractivity (Wildman–Crippen MR) is 61.6 cm³/mol. The Balaban J connectivity index is 1.92. The summed E-state index contributed by atoms with van der Waals surface area (Å²) >= 11 is 0. The lowest BCUT2D eigenvalue weighted by atomic mass is 10.2. The van der Waals surface area contributed by atoms with Crippen LogP contribution in [-0.2, 0) is 20.9 Å². The number of nitrogens with one attached hydrogen (secondary N) is 1. The monoisotopic (exact) mass is 237 g/mol. The number of amides is 1. The molecule has 1 amide bonds. The number of anilines is 1. The van der Waals surface area contributed by atoms with Gasteiger partial charge in [0.2, 0.25) is 0 Å². The standard InChI is InChI=1S/C12H15NO4/c14-7-9-1-3-10(4-2-9)13-12(15)11-8-16-5-6-17-11/h1-4,11,14H,5-8H2,(H,13,15). The third kappa shape index (κ3) is 3.26. The van der Waals surface area contributed by atoms with Crippen LogP contribution in [0.2, 0.25) is 0 Å². The van der Waals surface area contributed by atoms with E-state index in [2.05, 4.69) is 5.32 Å². The first-order chi connectivity index (χ1) is 8.29. The van der Waals surface area contributed by atoms with Crippen molar-refractivity contribution in [2.75, 3.05) is 25.1 Å². The van der Waals surface area contributed by atoms with Gasteiger partial charge in [0.05, 0.1) is 26.4 Å². The van der Waals surface area contributed by atoms with Gasteiger partial charge in [-0.3, -0.25) is 4.79 Å². The number of hydrogen-bond donors (Lipinski definition) is 2. The zero-order valence-corrected chi connectivity index (χ0v) is 9.39. The second-order valence-electron chi connectivity index (χ2n) is 3.78. The number of aliphatic hydroxyl groups excluding tert-OH is 1. The molecule has 5 nitrogen and oxygen atoms in total. The number of benzene rings is 1. The highest BCUT2D eigenvalue weighted by Crippen LogP contribution is 2.11. The van der Waals surface area contributed by atoms with E-state index in [0.717, 1.165) is 5.56 Å². The summed E-state index contributed by atoms with van der Waals surface area (Å²) in [5, 5.41) is 11.6. The molecule has 1 aromatic carbocycles. The summed E-state index contributed by atoms with van der Waals surface area (Å²) in [6.45, 7) is 1.27. The van der Waals surface area contributed by atoms with Crippen LogP contribution in [-0.4, -0.2) is 36.9 Å². The molecule has 2 rings (SSSR count). The van der Waals surface area contributed by atoms with Crippen molar-refractivity contribution >= 4 is 11.6 Å². The summed E-state index contributed by atoms with van der Waals surface area (Å²) in [5.74, 6) is -0.207. The molecular formula is C12H15NO4. The molecule has 1 aromatic rings. The Morgan fingerprint density at radius 1 is 1.35 bits per heavy atom. The number of ether oxygens (including phenoxy) is 2. The molecule has 0 radical (unpaired) electrons. The zero-order valence-electron chi connectivity index (χ0n) is 9.39. The van der Waals surface area contributed by atoms with Crippen LogP contribution in [0.15, 0.2) is 24.3 Å². The van der Waals surface area contributed by atoms with Crippen LogP contribution in [0.4, 0.5) is 5.69 Å². The fourth-order valence-corrected chi connectivity index (χ4v) is 1.56. The van der Waals surface area contributed by atoms with E-state index in [1.165, 1.54) is 0 Å². The van der Waals surface area contributed by atoms with Crippen molar-refractivity contribution in [1.29, 1.82) is 0 Å². The lowest BCUT2D eigenvalue weighted by Gasteiger charge is -2.22. The van der Waals surface area contributed by atoms with Gasteiger partial charge in [0.25, 0.3) is 5.91 Å². The Morgan fingerprint density at radius 2 is 2.12 bits per heavy atom. The second-order valence-corrected chi connectivity index (χ2v) is 3.78. The quantitative estimate of drug-likeness (QED) is 0.804. The van der Waals surface area contributed by atoms with Crippen molar-refractivity contribution in [1.82, 2.24) is 0 Å². The van der Waals surface area contributed by atoms with Gasteiger partial charge in [-0.1, -0.05) is 12.1 Å². The molecule has 17 heavy (non-hydrogen) atoms. The maximum atomic E-state index is 11.8. The first kappa shape index (κ1) is 12.0. The van der Waals surface area contributed by atoms with E-state index < -0.39 is 6.10 Å². The lowest BCUT2D eigenvalue weighted by Crippen LogP contribution is -2.39. The highest BCUT2D eigenvalue weighted by Gasteiger charge is 2.22. The predicted octanol–water partition coefficient (Wildman–Crippen LogP) is 0.533. The molecule has 1 fully saturated rings. The summed E-state index contributed by atoms with van der Waals surface area (Å²) in [5.41, 5.74) is 1.49. The van der Waals surface area contributed by atoms with Gasteiger partial charge in [-0.2, -0.15) is 0 Å². The number of aliphatic hydroxyl groups is 1. The molecule has 2 N–H and O–H groups in total. The molecule has 0 bridgehead atoms. The van der Waals surface area contributed by atoms with Crippen LogP contribution in [0.3, 0.4) is 0 Å². The molecule has 0 aromatic heterocycles. The summed E-state index contributed by atoms with van der Waals surface area (Å²) in [6, 6.07) is 7.00. The van der Waals surface area contributed by atoms with Crippen molar-refractivity contribution in [3.05, 3.63) is 29.8 Å². The van der Waals surface area contributed by atoms with Gasteiger partial charge in [0, 0.05) is 5.69 Å². The van der Waals surface area contributed by atoms with Gasteiger partial charge in [-0.15, -0.1) is 0 Å². The van der Waals surface area contributed by atoms with Crippen LogP contribution in [0, 0.1) is 0 Å². The SMILES string of the molecule is O=C(Nc1ccc(CO)cc1)C1COCCO1. The first-order valence-electron chi connectivity index (χ1n) is 5.49. The molecule has 1 aliphatic heterocycles. The van der Waals surface area contributed by atoms with Crippen LogP contribution >= 0.6 is 0 Å². The van der Waals surface area contributed by atoms with Crippen molar-refractivity contribution in [3.8, 4) is 0 Å². The molecule has 0 aliphatic carbocycles. The molecule has 5 heteroatoms. The topological polar surface area (TPSA) is 67.8 Å². The van der Waals surface area contributed by atoms with E-state index in [1.54, 1.807) is 24.3 Å². The molecule has 1 heterocycles. The summed E-state index contributed by atoms with van der Waals surface area (Å²) < 4.78 is 10.4. The van der Waals surface area contributed by atoms with Gasteiger partial charge in [0.1, 0.15) is 0 Å². The van der Waals surface area contributed by atoms with Gasteiger partial charge >= 0.3 is 0 Å². The fraction of sp³-hybridized carbons (Fsp3) is 0.417. The second kappa shape index (κ2) is 5.77. The van der Waals surface area contributed by atoms with Crippen LogP contribution in [0.5, 0.6) is 0 Å². The van der Waals surface area contributed by atoms with Crippen LogP contribution in [0.1, 0.15) is 5.56 Å². The van der Waals surface area contributed by atoms with Crippen molar-refractivity contribution < 1.29 is 19.4 Å². The minimum Gasteiger partial charge on any atom is -0.392 e. The molecule has 1 saturated heterocycles. The lowest BCUT2D eigenvalue weighted by molar-refractivity contribution is -0.142. The Hall–Kier alpha value is -1.43. The number of carbonyl (C=O) groups excluding carboxylic acids is 1. The maximum Gasteiger partial charge on any atom is 0.255 e. The Labute approximate surface area is 99.3 Å². The van der Waals surface area contributed by atoms with E-state index in [9.17, 15) is 4.79 Å². The highest BCUT2D eigenvalue weighted by molar-refractivity contribution is 5.94. The van der Waals surface area contributed by atoms with Crippen molar-refractivity contribution in [2.45, 2.75) is 12.7 Å². The largest absolute Gasteiger partial charge is 0.392 e. The molecule has 0 saturated carbocycles. The third-order valence-corrected chi connectivity index (χ3v) is 2.51. The molecule has 1 unspecified atom stereocenters. The van der Waals surface area contributed by atoms with E-state index in [0.29, 0.717) is 25.5 Å². The number of rotatable bonds is 3.